The number of carbonyl (C=O) groups excluding carboxylic acids is 1. The minimum absolute atomic E-state index is 0.136. The summed E-state index contributed by atoms with van der Waals surface area (Å²) >= 11 is 4.68. The molecule has 0 fully saturated rings. The fourth-order valence-corrected chi connectivity index (χ4v) is 1.56. The van der Waals surface area contributed by atoms with Crippen molar-refractivity contribution in [2.24, 2.45) is 11.5 Å². The van der Waals surface area contributed by atoms with Crippen molar-refractivity contribution in [1.82, 2.24) is 0 Å². The molecule has 7 N–H and O–H groups in total. The summed E-state index contributed by atoms with van der Waals surface area (Å²) in [6.45, 7) is 0. The van der Waals surface area contributed by atoms with Gasteiger partial charge in [-0.15, -0.1) is 0 Å². The van der Waals surface area contributed by atoms with Gasteiger partial charge >= 0.3 is 0 Å². The Morgan fingerprint density at radius 2 is 1.83 bits per heavy atom. The summed E-state index contributed by atoms with van der Waals surface area (Å²) in [6.07, 6.45) is -2.69. The van der Waals surface area contributed by atoms with Crippen LogP contribution in [0.3, 0.4) is 0 Å². The second-order valence-corrected chi connectivity index (χ2v) is 4.23. The Morgan fingerprint density at radius 3 is 2.28 bits per heavy atom. The first-order valence-electron chi connectivity index (χ1n) is 5.21. The van der Waals surface area contributed by atoms with Crippen molar-refractivity contribution >= 4 is 28.9 Å². The summed E-state index contributed by atoms with van der Waals surface area (Å²) in [5.41, 5.74) is 11.4. The molecule has 0 bridgehead atoms. The van der Waals surface area contributed by atoms with Crippen LogP contribution in [-0.2, 0) is 4.79 Å². The summed E-state index contributed by atoms with van der Waals surface area (Å²) < 4.78 is 0. The second-order valence-electron chi connectivity index (χ2n) is 3.79. The third kappa shape index (κ3) is 4.28. The molecule has 0 heterocycles. The number of carbonyl (C=O) groups is 1. The van der Waals surface area contributed by atoms with Crippen molar-refractivity contribution in [3.63, 3.8) is 0 Å². The van der Waals surface area contributed by atoms with Gasteiger partial charge in [0.15, 0.2) is 5.11 Å². The number of amides is 1. The molecule has 18 heavy (non-hydrogen) atoms. The largest absolute Gasteiger partial charge is 0.390 e. The molecule has 1 aromatic rings. The first kappa shape index (κ1) is 14.4. The van der Waals surface area contributed by atoms with Crippen molar-refractivity contribution in [3.8, 4) is 0 Å². The van der Waals surface area contributed by atoms with Gasteiger partial charge in [-0.2, -0.15) is 0 Å². The van der Waals surface area contributed by atoms with Crippen LogP contribution in [0.1, 0.15) is 18.1 Å². The lowest BCUT2D eigenvalue weighted by atomic mass is 10.0. The molecule has 0 spiro atoms. The van der Waals surface area contributed by atoms with Crippen molar-refractivity contribution in [2.45, 2.75) is 18.6 Å². The molecule has 1 aromatic carbocycles. The van der Waals surface area contributed by atoms with Gasteiger partial charge < -0.3 is 27.0 Å². The van der Waals surface area contributed by atoms with Gasteiger partial charge in [-0.1, -0.05) is 12.1 Å². The topological polar surface area (TPSA) is 122 Å². The van der Waals surface area contributed by atoms with Crippen molar-refractivity contribution < 1.29 is 15.0 Å². The van der Waals surface area contributed by atoms with Crippen LogP contribution in [0.2, 0.25) is 0 Å². The number of rotatable bonds is 5. The Bertz CT molecular complexity index is 436. The Labute approximate surface area is 110 Å². The predicted molar refractivity (Wildman–Crippen MR) is 71.6 cm³/mol. The van der Waals surface area contributed by atoms with Crippen molar-refractivity contribution in [3.05, 3.63) is 29.8 Å². The minimum atomic E-state index is -1.23. The highest BCUT2D eigenvalue weighted by Crippen LogP contribution is 2.20. The zero-order valence-corrected chi connectivity index (χ0v) is 10.4. The number of anilines is 1. The van der Waals surface area contributed by atoms with Crippen LogP contribution >= 0.6 is 12.2 Å². The molecule has 2 unspecified atom stereocenters. The van der Waals surface area contributed by atoms with Crippen molar-refractivity contribution in [2.75, 3.05) is 5.32 Å². The Hall–Kier alpha value is -1.70. The maximum Gasteiger partial charge on any atom is 0.220 e. The molecule has 0 saturated carbocycles. The number of primary amides is 1. The van der Waals surface area contributed by atoms with Gasteiger partial charge in [-0.05, 0) is 29.9 Å². The van der Waals surface area contributed by atoms with E-state index in [1.807, 2.05) is 0 Å². The van der Waals surface area contributed by atoms with E-state index in [0.29, 0.717) is 11.3 Å². The number of hydrogen-bond acceptors (Lipinski definition) is 4. The van der Waals surface area contributed by atoms with E-state index in [9.17, 15) is 15.0 Å². The first-order chi connectivity index (χ1) is 8.40. The van der Waals surface area contributed by atoms with E-state index in [4.69, 9.17) is 11.5 Å². The molecular weight excluding hydrogens is 254 g/mol. The molecule has 7 heteroatoms. The van der Waals surface area contributed by atoms with Gasteiger partial charge in [0.25, 0.3) is 0 Å². The smallest absolute Gasteiger partial charge is 0.220 e. The average molecular weight is 269 g/mol. The molecule has 0 saturated heterocycles. The summed E-state index contributed by atoms with van der Waals surface area (Å²) in [4.78, 5) is 10.6. The average Bonchev–Trinajstić information content (AvgIpc) is 2.27. The normalized spacial score (nSPS) is 13.7. The fourth-order valence-electron chi connectivity index (χ4n) is 1.45. The molecule has 0 radical (unpaired) electrons. The molecule has 0 aliphatic carbocycles. The SMILES string of the molecule is NC(=O)CC(O)C(O)c1ccc(NC(N)=S)cc1. The Balaban J connectivity index is 2.72. The molecule has 2 atom stereocenters. The van der Waals surface area contributed by atoms with E-state index in [2.05, 4.69) is 17.5 Å². The number of thiocarbonyl (C=S) groups is 1. The summed E-state index contributed by atoms with van der Waals surface area (Å²) in [5.74, 6) is -0.673. The van der Waals surface area contributed by atoms with E-state index in [0.717, 1.165) is 0 Å². The maximum atomic E-state index is 10.6. The molecule has 0 aliphatic rings. The minimum Gasteiger partial charge on any atom is -0.390 e. The Morgan fingerprint density at radius 1 is 1.28 bits per heavy atom. The lowest BCUT2D eigenvalue weighted by molar-refractivity contribution is -0.121. The lowest BCUT2D eigenvalue weighted by Crippen LogP contribution is -2.25. The molecule has 6 nitrogen and oxygen atoms in total. The molecule has 1 rings (SSSR count). The molecule has 1 amide bonds. The summed E-state index contributed by atoms with van der Waals surface area (Å²) in [5, 5.41) is 22.2. The van der Waals surface area contributed by atoms with Gasteiger partial charge in [0, 0.05) is 5.69 Å². The number of benzene rings is 1. The molecule has 0 aliphatic heterocycles. The van der Waals surface area contributed by atoms with Crippen LogP contribution in [0.4, 0.5) is 5.69 Å². The van der Waals surface area contributed by atoms with Crippen LogP contribution < -0.4 is 16.8 Å². The quantitative estimate of drug-likeness (QED) is 0.464. The number of nitrogens with two attached hydrogens (primary N) is 2. The monoisotopic (exact) mass is 269 g/mol. The van der Waals surface area contributed by atoms with E-state index in [-0.39, 0.29) is 11.5 Å². The van der Waals surface area contributed by atoms with E-state index in [1.165, 1.54) is 0 Å². The van der Waals surface area contributed by atoms with Gasteiger partial charge in [0.2, 0.25) is 5.91 Å². The highest BCUT2D eigenvalue weighted by Gasteiger charge is 2.20. The number of aliphatic hydroxyl groups excluding tert-OH is 2. The fraction of sp³-hybridized carbons (Fsp3) is 0.273. The van der Waals surface area contributed by atoms with Crippen LogP contribution in [0.5, 0.6) is 0 Å². The van der Waals surface area contributed by atoms with Crippen LogP contribution in [-0.4, -0.2) is 27.3 Å². The Kier molecular flexibility index (Phi) is 5.02. The van der Waals surface area contributed by atoms with Crippen molar-refractivity contribution in [1.29, 1.82) is 0 Å². The predicted octanol–water partition coefficient (Wildman–Crippen LogP) is -0.388. The summed E-state index contributed by atoms with van der Waals surface area (Å²) in [6, 6.07) is 6.48. The van der Waals surface area contributed by atoms with Gasteiger partial charge in [0.1, 0.15) is 6.10 Å². The van der Waals surface area contributed by atoms with Crippen LogP contribution in [0.15, 0.2) is 24.3 Å². The maximum absolute atomic E-state index is 10.6. The third-order valence-electron chi connectivity index (χ3n) is 2.29. The van der Waals surface area contributed by atoms with Gasteiger partial charge in [-0.3, -0.25) is 4.79 Å². The second kappa shape index (κ2) is 6.29. The lowest BCUT2D eigenvalue weighted by Gasteiger charge is -2.17. The molecule has 0 aromatic heterocycles. The van der Waals surface area contributed by atoms with Gasteiger partial charge in [0.05, 0.1) is 12.5 Å². The standard InChI is InChI=1S/C11H15N3O3S/c12-9(16)5-8(15)10(17)6-1-3-7(4-2-6)14-11(13)18/h1-4,8,10,15,17H,5H2,(H2,12,16)(H3,13,14,18). The molecular formula is C11H15N3O3S. The third-order valence-corrected chi connectivity index (χ3v) is 2.40. The summed E-state index contributed by atoms with van der Waals surface area (Å²) in [7, 11) is 0. The van der Waals surface area contributed by atoms with E-state index >= 15 is 0 Å². The molecule has 98 valence electrons. The zero-order chi connectivity index (χ0) is 13.7. The number of hydrogen-bond donors (Lipinski definition) is 5. The highest BCUT2D eigenvalue weighted by molar-refractivity contribution is 7.80. The van der Waals surface area contributed by atoms with Gasteiger partial charge in [-0.25, -0.2) is 0 Å². The first-order valence-corrected chi connectivity index (χ1v) is 5.62. The highest BCUT2D eigenvalue weighted by atomic mass is 32.1. The van der Waals surface area contributed by atoms with E-state index in [1.54, 1.807) is 24.3 Å². The zero-order valence-electron chi connectivity index (χ0n) is 9.54. The number of aliphatic hydroxyl groups is 2. The number of nitrogens with one attached hydrogen (secondary N) is 1. The van der Waals surface area contributed by atoms with Crippen LogP contribution in [0, 0.1) is 0 Å². The van der Waals surface area contributed by atoms with E-state index < -0.39 is 18.1 Å². The van der Waals surface area contributed by atoms with Crippen LogP contribution in [0.25, 0.3) is 0 Å².